The van der Waals surface area contributed by atoms with E-state index < -0.39 is 5.60 Å². The first-order valence-electron chi connectivity index (χ1n) is 11.3. The van der Waals surface area contributed by atoms with Crippen molar-refractivity contribution >= 4 is 15.9 Å². The molecular weight excluding hydrogens is 524 g/mol. The van der Waals surface area contributed by atoms with Crippen molar-refractivity contribution in [2.24, 2.45) is 0 Å². The van der Waals surface area contributed by atoms with E-state index in [1.54, 1.807) is 34.1 Å². The monoisotopic (exact) mass is 550 g/mol. The SMILES string of the molecule is COc1cccc(COc2nc(C)n(-c3cccc(-c4nc(C(C)(C)O)ncc4C)c3)c(=O)c2Br)c1. The fraction of sp³-hybridized carbons (Fsp3) is 0.259. The lowest BCUT2D eigenvalue weighted by Crippen LogP contribution is -2.24. The normalized spacial score (nSPS) is 11.4. The van der Waals surface area contributed by atoms with Crippen molar-refractivity contribution < 1.29 is 14.6 Å². The number of ether oxygens (including phenoxy) is 2. The summed E-state index contributed by atoms with van der Waals surface area (Å²) in [6, 6.07) is 15.0. The van der Waals surface area contributed by atoms with Gasteiger partial charge >= 0.3 is 0 Å². The predicted molar refractivity (Wildman–Crippen MR) is 141 cm³/mol. The predicted octanol–water partition coefficient (Wildman–Crippen LogP) is 4.88. The maximum Gasteiger partial charge on any atom is 0.276 e. The lowest BCUT2D eigenvalue weighted by atomic mass is 10.0. The minimum Gasteiger partial charge on any atom is -0.497 e. The molecule has 0 atom stereocenters. The largest absolute Gasteiger partial charge is 0.497 e. The fourth-order valence-corrected chi connectivity index (χ4v) is 4.10. The van der Waals surface area contributed by atoms with Crippen molar-refractivity contribution in [2.75, 3.05) is 7.11 Å². The third kappa shape index (κ3) is 5.32. The molecule has 0 amide bonds. The fourth-order valence-electron chi connectivity index (χ4n) is 3.72. The van der Waals surface area contributed by atoms with Gasteiger partial charge in [0.15, 0.2) is 5.82 Å². The highest BCUT2D eigenvalue weighted by Crippen LogP contribution is 2.27. The van der Waals surface area contributed by atoms with Gasteiger partial charge in [0, 0.05) is 11.8 Å². The second-order valence-electron chi connectivity index (χ2n) is 8.89. The second kappa shape index (κ2) is 10.2. The smallest absolute Gasteiger partial charge is 0.276 e. The number of aliphatic hydroxyl groups is 1. The highest BCUT2D eigenvalue weighted by molar-refractivity contribution is 9.10. The standard InChI is InChI=1S/C27H27BrN4O4/c1-16-14-29-26(27(3,4)34)31-23(16)19-9-7-10-20(13-19)32-17(2)30-24(22(28)25(32)33)36-15-18-8-6-11-21(12-18)35-5/h6-14,34H,15H2,1-5H3. The molecular formula is C27H27BrN4O4. The summed E-state index contributed by atoms with van der Waals surface area (Å²) in [5, 5.41) is 10.4. The van der Waals surface area contributed by atoms with E-state index in [0.717, 1.165) is 22.4 Å². The number of benzene rings is 2. The summed E-state index contributed by atoms with van der Waals surface area (Å²) < 4.78 is 12.9. The van der Waals surface area contributed by atoms with E-state index in [9.17, 15) is 9.90 Å². The molecule has 2 heterocycles. The average Bonchev–Trinajstić information content (AvgIpc) is 2.85. The van der Waals surface area contributed by atoms with E-state index in [1.165, 1.54) is 4.57 Å². The molecule has 4 rings (SSSR count). The molecule has 0 aliphatic rings. The maximum absolute atomic E-state index is 13.3. The first-order chi connectivity index (χ1) is 17.1. The van der Waals surface area contributed by atoms with Gasteiger partial charge in [-0.25, -0.2) is 9.97 Å². The summed E-state index contributed by atoms with van der Waals surface area (Å²) in [4.78, 5) is 26.7. The van der Waals surface area contributed by atoms with Crippen LogP contribution in [-0.2, 0) is 12.2 Å². The Balaban J connectivity index is 1.69. The number of aromatic nitrogens is 4. The molecule has 0 fully saturated rings. The van der Waals surface area contributed by atoms with Crippen LogP contribution in [0.4, 0.5) is 0 Å². The zero-order valence-corrected chi connectivity index (χ0v) is 22.3. The van der Waals surface area contributed by atoms with Crippen molar-refractivity contribution in [2.45, 2.75) is 39.9 Å². The molecule has 0 aliphatic heterocycles. The quantitative estimate of drug-likeness (QED) is 0.350. The van der Waals surface area contributed by atoms with E-state index in [-0.39, 0.29) is 22.5 Å². The summed E-state index contributed by atoms with van der Waals surface area (Å²) in [5.41, 5.74) is 2.37. The molecule has 186 valence electrons. The van der Waals surface area contributed by atoms with Crippen LogP contribution in [0, 0.1) is 13.8 Å². The second-order valence-corrected chi connectivity index (χ2v) is 9.69. The molecule has 0 radical (unpaired) electrons. The van der Waals surface area contributed by atoms with E-state index in [2.05, 4.69) is 30.9 Å². The molecule has 9 heteroatoms. The topological polar surface area (TPSA) is 99.4 Å². The minimum atomic E-state index is -1.18. The molecule has 2 aromatic heterocycles. The summed E-state index contributed by atoms with van der Waals surface area (Å²) in [6.07, 6.45) is 1.69. The van der Waals surface area contributed by atoms with Crippen LogP contribution in [-0.4, -0.2) is 31.7 Å². The summed E-state index contributed by atoms with van der Waals surface area (Å²) in [7, 11) is 1.61. The van der Waals surface area contributed by atoms with Gasteiger partial charge in [0.25, 0.3) is 5.56 Å². The summed E-state index contributed by atoms with van der Waals surface area (Å²) in [5.74, 6) is 1.73. The van der Waals surface area contributed by atoms with Crippen LogP contribution >= 0.6 is 15.9 Å². The molecule has 8 nitrogen and oxygen atoms in total. The van der Waals surface area contributed by atoms with Crippen molar-refractivity contribution in [1.82, 2.24) is 19.5 Å². The number of nitrogens with zero attached hydrogens (tertiary/aromatic N) is 4. The first-order valence-corrected chi connectivity index (χ1v) is 12.1. The molecule has 2 aromatic carbocycles. The first kappa shape index (κ1) is 25.5. The summed E-state index contributed by atoms with van der Waals surface area (Å²) in [6.45, 7) is 7.17. The number of rotatable bonds is 7. The number of halogens is 1. The molecule has 0 bridgehead atoms. The van der Waals surface area contributed by atoms with Gasteiger partial charge in [0.05, 0.1) is 18.5 Å². The third-order valence-corrected chi connectivity index (χ3v) is 6.25. The minimum absolute atomic E-state index is 0.217. The lowest BCUT2D eigenvalue weighted by molar-refractivity contribution is 0.0688. The zero-order chi connectivity index (χ0) is 26.0. The Morgan fingerprint density at radius 2 is 1.83 bits per heavy atom. The number of hydrogen-bond donors (Lipinski definition) is 1. The Labute approximate surface area is 217 Å². The Morgan fingerprint density at radius 3 is 2.56 bits per heavy atom. The number of methoxy groups -OCH3 is 1. The molecule has 0 spiro atoms. The van der Waals surface area contributed by atoms with Crippen LogP contribution in [0.25, 0.3) is 16.9 Å². The molecule has 1 N–H and O–H groups in total. The lowest BCUT2D eigenvalue weighted by Gasteiger charge is -2.18. The van der Waals surface area contributed by atoms with Crippen molar-refractivity contribution in [3.8, 4) is 28.6 Å². The van der Waals surface area contributed by atoms with E-state index in [0.29, 0.717) is 23.0 Å². The zero-order valence-electron chi connectivity index (χ0n) is 20.7. The van der Waals surface area contributed by atoms with Crippen molar-refractivity contribution in [3.63, 3.8) is 0 Å². The van der Waals surface area contributed by atoms with Crippen molar-refractivity contribution in [1.29, 1.82) is 0 Å². The van der Waals surface area contributed by atoms with Gasteiger partial charge < -0.3 is 14.6 Å². The highest BCUT2D eigenvalue weighted by Gasteiger charge is 2.21. The molecule has 0 saturated carbocycles. The third-order valence-electron chi connectivity index (χ3n) is 5.57. The molecule has 0 saturated heterocycles. The van der Waals surface area contributed by atoms with Crippen molar-refractivity contribution in [3.05, 3.63) is 92.3 Å². The van der Waals surface area contributed by atoms with Gasteiger partial charge in [-0.2, -0.15) is 4.98 Å². The van der Waals surface area contributed by atoms with Crippen LogP contribution in [0.5, 0.6) is 11.6 Å². The van der Waals surface area contributed by atoms with Crippen LogP contribution < -0.4 is 15.0 Å². The Morgan fingerprint density at radius 1 is 1.08 bits per heavy atom. The van der Waals surface area contributed by atoms with E-state index in [4.69, 9.17) is 9.47 Å². The Kier molecular flexibility index (Phi) is 7.23. The van der Waals surface area contributed by atoms with Gasteiger partial charge in [-0.3, -0.25) is 9.36 Å². The molecule has 0 aliphatic carbocycles. The average molecular weight is 551 g/mol. The van der Waals surface area contributed by atoms with Gasteiger partial charge in [-0.15, -0.1) is 0 Å². The van der Waals surface area contributed by atoms with E-state index in [1.807, 2.05) is 55.5 Å². The van der Waals surface area contributed by atoms with Crippen LogP contribution in [0.2, 0.25) is 0 Å². The van der Waals surface area contributed by atoms with Gasteiger partial charge in [0.2, 0.25) is 5.88 Å². The Hall–Kier alpha value is -3.56. The Bertz CT molecular complexity index is 1480. The number of aryl methyl sites for hydroxylation is 2. The van der Waals surface area contributed by atoms with Gasteiger partial charge in [-0.1, -0.05) is 24.3 Å². The van der Waals surface area contributed by atoms with Crippen LogP contribution in [0.3, 0.4) is 0 Å². The molecule has 36 heavy (non-hydrogen) atoms. The van der Waals surface area contributed by atoms with Gasteiger partial charge in [0.1, 0.15) is 28.3 Å². The van der Waals surface area contributed by atoms with Crippen LogP contribution in [0.15, 0.2) is 64.0 Å². The highest BCUT2D eigenvalue weighted by atomic mass is 79.9. The van der Waals surface area contributed by atoms with Gasteiger partial charge in [-0.05, 0) is 79.0 Å². The molecule has 4 aromatic rings. The number of hydrogen-bond acceptors (Lipinski definition) is 7. The van der Waals surface area contributed by atoms with E-state index >= 15 is 0 Å². The molecule has 0 unspecified atom stereocenters. The van der Waals surface area contributed by atoms with Crippen LogP contribution in [0.1, 0.15) is 36.6 Å². The summed E-state index contributed by atoms with van der Waals surface area (Å²) >= 11 is 3.38. The maximum atomic E-state index is 13.3.